The van der Waals surface area contributed by atoms with Crippen LogP contribution >= 0.6 is 0 Å². The Morgan fingerprint density at radius 2 is 1.75 bits per heavy atom. The van der Waals surface area contributed by atoms with Crippen LogP contribution in [-0.2, 0) is 6.54 Å². The van der Waals surface area contributed by atoms with Crippen molar-refractivity contribution in [3.63, 3.8) is 0 Å². The van der Waals surface area contributed by atoms with Gasteiger partial charge in [-0.2, -0.15) is 0 Å². The summed E-state index contributed by atoms with van der Waals surface area (Å²) in [4.78, 5) is 0. The molecule has 0 saturated heterocycles. The lowest BCUT2D eigenvalue weighted by atomic mass is 10.1. The summed E-state index contributed by atoms with van der Waals surface area (Å²) in [6.45, 7) is 5.39. The smallest absolute Gasteiger partial charge is 0.173 e. The second-order valence-electron chi connectivity index (χ2n) is 4.45. The molecule has 2 aromatic rings. The molecule has 0 N–H and O–H groups in total. The first-order valence-corrected chi connectivity index (χ1v) is 5.78. The van der Waals surface area contributed by atoms with Gasteiger partial charge in [0.15, 0.2) is 18.9 Å². The van der Waals surface area contributed by atoms with E-state index < -0.39 is 0 Å². The Hall–Kier alpha value is -1.63. The largest absolute Gasteiger partial charge is 0.201 e. The van der Waals surface area contributed by atoms with Gasteiger partial charge in [-0.15, -0.1) is 0 Å². The molecule has 1 aromatic heterocycles. The number of benzene rings is 1. The van der Waals surface area contributed by atoms with Gasteiger partial charge in [0.2, 0.25) is 0 Å². The third-order valence-electron chi connectivity index (χ3n) is 2.76. The van der Waals surface area contributed by atoms with E-state index in [1.54, 1.807) is 0 Å². The quantitative estimate of drug-likeness (QED) is 0.688. The van der Waals surface area contributed by atoms with Gasteiger partial charge in [-0.3, -0.25) is 0 Å². The van der Waals surface area contributed by atoms with Gasteiger partial charge < -0.3 is 0 Å². The van der Waals surface area contributed by atoms with Crippen LogP contribution in [0.2, 0.25) is 0 Å². The molecule has 1 aromatic carbocycles. The molecule has 16 heavy (non-hydrogen) atoms. The summed E-state index contributed by atoms with van der Waals surface area (Å²) in [7, 11) is 0. The van der Waals surface area contributed by atoms with Crippen LogP contribution in [0.5, 0.6) is 0 Å². The zero-order valence-corrected chi connectivity index (χ0v) is 9.93. The monoisotopic (exact) mass is 212 g/mol. The number of rotatable bonds is 3. The van der Waals surface area contributed by atoms with Crippen LogP contribution in [0.15, 0.2) is 54.9 Å². The van der Waals surface area contributed by atoms with Crippen LogP contribution in [0.1, 0.15) is 30.9 Å². The summed E-state index contributed by atoms with van der Waals surface area (Å²) in [5, 5.41) is 0. The first-order chi connectivity index (χ1) is 7.75. The Balaban J connectivity index is 2.19. The molecule has 0 fully saturated rings. The summed E-state index contributed by atoms with van der Waals surface area (Å²) in [5.41, 5.74) is 2.73. The molecule has 0 spiro atoms. The zero-order chi connectivity index (χ0) is 11.4. The van der Waals surface area contributed by atoms with Crippen LogP contribution in [0, 0.1) is 0 Å². The molecule has 0 radical (unpaired) electrons. The molecule has 0 saturated carbocycles. The molecular formula is C15H18N+. The van der Waals surface area contributed by atoms with Gasteiger partial charge in [0.25, 0.3) is 0 Å². The molecule has 1 heterocycles. The Morgan fingerprint density at radius 3 is 2.44 bits per heavy atom. The Bertz CT molecular complexity index is 446. The maximum atomic E-state index is 2.24. The van der Waals surface area contributed by atoms with Crippen LogP contribution < -0.4 is 4.57 Å². The molecule has 1 heteroatoms. The van der Waals surface area contributed by atoms with Crippen LogP contribution in [0.25, 0.3) is 0 Å². The normalized spacial score (nSPS) is 10.7. The number of pyridine rings is 1. The predicted octanol–water partition coefficient (Wildman–Crippen LogP) is 3.15. The maximum Gasteiger partial charge on any atom is 0.173 e. The van der Waals surface area contributed by atoms with Gasteiger partial charge in [0.05, 0.1) is 0 Å². The van der Waals surface area contributed by atoms with E-state index in [0.29, 0.717) is 5.92 Å². The van der Waals surface area contributed by atoms with Gasteiger partial charge in [-0.25, -0.2) is 4.57 Å². The number of aromatic nitrogens is 1. The highest BCUT2D eigenvalue weighted by atomic mass is 14.9. The molecule has 0 amide bonds. The van der Waals surface area contributed by atoms with Crippen LogP contribution in [-0.4, -0.2) is 0 Å². The average molecular weight is 212 g/mol. The summed E-state index contributed by atoms with van der Waals surface area (Å²) < 4.78 is 2.24. The van der Waals surface area contributed by atoms with Gasteiger partial charge in [-0.1, -0.05) is 44.2 Å². The molecule has 0 aliphatic heterocycles. The summed E-state index contributed by atoms with van der Waals surface area (Å²) in [6, 6.07) is 14.9. The highest BCUT2D eigenvalue weighted by Crippen LogP contribution is 2.10. The summed E-state index contributed by atoms with van der Waals surface area (Å²) in [6.07, 6.45) is 4.36. The van der Waals surface area contributed by atoms with E-state index in [1.807, 2.05) is 0 Å². The van der Waals surface area contributed by atoms with Crippen LogP contribution in [0.3, 0.4) is 0 Å². The first kappa shape index (κ1) is 10.9. The fourth-order valence-electron chi connectivity index (χ4n) is 1.78. The lowest BCUT2D eigenvalue weighted by Crippen LogP contribution is -2.33. The standard InChI is InChI=1S/C15H18N/c1-13(2)15-9-6-10-16(12-15)11-14-7-4-3-5-8-14/h3-10,12-13H,11H2,1-2H3/q+1. The molecule has 0 atom stereocenters. The van der Waals surface area contributed by atoms with E-state index in [1.165, 1.54) is 11.1 Å². The fourth-order valence-corrected chi connectivity index (χ4v) is 1.78. The topological polar surface area (TPSA) is 3.88 Å². The lowest BCUT2D eigenvalue weighted by Gasteiger charge is -2.03. The van der Waals surface area contributed by atoms with E-state index >= 15 is 0 Å². The van der Waals surface area contributed by atoms with Crippen molar-refractivity contribution in [1.82, 2.24) is 0 Å². The highest BCUT2D eigenvalue weighted by molar-refractivity contribution is 5.14. The maximum absolute atomic E-state index is 2.24. The Morgan fingerprint density at radius 1 is 1.00 bits per heavy atom. The SMILES string of the molecule is CC(C)c1ccc[n+](Cc2ccccc2)c1. The molecule has 0 aliphatic carbocycles. The Kier molecular flexibility index (Phi) is 3.35. The molecule has 82 valence electrons. The first-order valence-electron chi connectivity index (χ1n) is 5.78. The highest BCUT2D eigenvalue weighted by Gasteiger charge is 2.06. The minimum Gasteiger partial charge on any atom is -0.201 e. The van der Waals surface area contributed by atoms with Crippen molar-refractivity contribution < 1.29 is 4.57 Å². The van der Waals surface area contributed by atoms with Crippen LogP contribution in [0.4, 0.5) is 0 Å². The third kappa shape index (κ3) is 2.69. The van der Waals surface area contributed by atoms with Gasteiger partial charge >= 0.3 is 0 Å². The predicted molar refractivity (Wildman–Crippen MR) is 66.3 cm³/mol. The van der Waals surface area contributed by atoms with E-state index in [-0.39, 0.29) is 0 Å². The molecular weight excluding hydrogens is 194 g/mol. The molecule has 0 unspecified atom stereocenters. The minimum absolute atomic E-state index is 0.586. The average Bonchev–Trinajstić information content (AvgIpc) is 2.30. The molecule has 2 rings (SSSR count). The number of hydrogen-bond acceptors (Lipinski definition) is 0. The van der Waals surface area contributed by atoms with Crippen molar-refractivity contribution in [2.24, 2.45) is 0 Å². The van der Waals surface area contributed by atoms with E-state index in [9.17, 15) is 0 Å². The van der Waals surface area contributed by atoms with Gasteiger partial charge in [0, 0.05) is 17.2 Å². The van der Waals surface area contributed by atoms with E-state index in [4.69, 9.17) is 0 Å². The summed E-state index contributed by atoms with van der Waals surface area (Å²) >= 11 is 0. The van der Waals surface area contributed by atoms with Crippen molar-refractivity contribution in [3.8, 4) is 0 Å². The Labute approximate surface area is 97.4 Å². The molecule has 1 nitrogen and oxygen atoms in total. The zero-order valence-electron chi connectivity index (χ0n) is 9.93. The number of nitrogens with zero attached hydrogens (tertiary/aromatic N) is 1. The van der Waals surface area contributed by atoms with Gasteiger partial charge in [-0.05, 0) is 12.0 Å². The van der Waals surface area contributed by atoms with E-state index in [0.717, 1.165) is 6.54 Å². The second kappa shape index (κ2) is 4.93. The third-order valence-corrected chi connectivity index (χ3v) is 2.76. The van der Waals surface area contributed by atoms with Crippen molar-refractivity contribution in [2.75, 3.05) is 0 Å². The summed E-state index contributed by atoms with van der Waals surface area (Å²) in [5.74, 6) is 0.586. The lowest BCUT2D eigenvalue weighted by molar-refractivity contribution is -0.688. The molecule has 0 bridgehead atoms. The van der Waals surface area contributed by atoms with Gasteiger partial charge in [0.1, 0.15) is 0 Å². The minimum atomic E-state index is 0.586. The molecule has 0 aliphatic rings. The van der Waals surface area contributed by atoms with Crippen molar-refractivity contribution in [2.45, 2.75) is 26.3 Å². The van der Waals surface area contributed by atoms with E-state index in [2.05, 4.69) is 73.3 Å². The number of hydrogen-bond donors (Lipinski definition) is 0. The van der Waals surface area contributed by atoms with Crippen molar-refractivity contribution in [1.29, 1.82) is 0 Å². The van der Waals surface area contributed by atoms with Crippen molar-refractivity contribution in [3.05, 3.63) is 66.0 Å². The second-order valence-corrected chi connectivity index (χ2v) is 4.45. The fraction of sp³-hybridized carbons (Fsp3) is 0.267. The van der Waals surface area contributed by atoms with Crippen molar-refractivity contribution >= 4 is 0 Å².